The molecule has 150 valence electrons. The van der Waals surface area contributed by atoms with Crippen LogP contribution in [0.4, 0.5) is 10.1 Å². The van der Waals surface area contributed by atoms with Gasteiger partial charge in [0.1, 0.15) is 11.9 Å². The quantitative estimate of drug-likeness (QED) is 0.610. The smallest absolute Gasteiger partial charge is 0.257 e. The first-order valence-electron chi connectivity index (χ1n) is 9.57. The molecular formula is C24H19FN2O3. The summed E-state index contributed by atoms with van der Waals surface area (Å²) in [5, 5.41) is 0. The summed E-state index contributed by atoms with van der Waals surface area (Å²) in [7, 11) is 0. The van der Waals surface area contributed by atoms with Gasteiger partial charge in [-0.2, -0.15) is 0 Å². The predicted octanol–water partition coefficient (Wildman–Crippen LogP) is 3.80. The number of hydrogen-bond donors (Lipinski definition) is 0. The molecule has 1 aliphatic heterocycles. The lowest BCUT2D eigenvalue weighted by Gasteiger charge is -2.28. The molecule has 0 radical (unpaired) electrons. The van der Waals surface area contributed by atoms with Gasteiger partial charge in [-0.25, -0.2) is 9.29 Å². The molecule has 0 aromatic heterocycles. The summed E-state index contributed by atoms with van der Waals surface area (Å²) in [5.74, 6) is -2.18. The number of rotatable bonds is 5. The van der Waals surface area contributed by atoms with Gasteiger partial charge in [-0.15, -0.1) is 0 Å². The molecule has 6 heteroatoms. The van der Waals surface area contributed by atoms with Crippen molar-refractivity contribution in [2.45, 2.75) is 19.0 Å². The summed E-state index contributed by atoms with van der Waals surface area (Å²) >= 11 is 0. The van der Waals surface area contributed by atoms with Crippen molar-refractivity contribution in [3.05, 3.63) is 102 Å². The van der Waals surface area contributed by atoms with E-state index >= 15 is 0 Å². The van der Waals surface area contributed by atoms with Gasteiger partial charge in [-0.3, -0.25) is 14.4 Å². The summed E-state index contributed by atoms with van der Waals surface area (Å²) in [5.41, 5.74) is 1.10. The Labute approximate surface area is 173 Å². The van der Waals surface area contributed by atoms with Crippen LogP contribution in [0, 0.1) is 5.82 Å². The largest absolute Gasteiger partial charge is 0.322 e. The minimum Gasteiger partial charge on any atom is -0.322 e. The minimum absolute atomic E-state index is 0.0837. The number of benzene rings is 3. The first-order valence-corrected chi connectivity index (χ1v) is 9.57. The molecule has 3 aromatic carbocycles. The standard InChI is InChI=1S/C24H19FN2O3/c25-20-14-8-7-13-19(20)23(29)26(16-17-9-3-1-4-10-17)21-15-22(28)27(24(21)30)18-11-5-2-6-12-18/h1-14,21H,15-16H2. The van der Waals surface area contributed by atoms with Crippen molar-refractivity contribution < 1.29 is 18.8 Å². The van der Waals surface area contributed by atoms with Crippen LogP contribution in [0.3, 0.4) is 0 Å². The topological polar surface area (TPSA) is 57.7 Å². The van der Waals surface area contributed by atoms with Gasteiger partial charge in [-0.05, 0) is 29.8 Å². The third-order valence-corrected chi connectivity index (χ3v) is 5.07. The minimum atomic E-state index is -1.01. The summed E-state index contributed by atoms with van der Waals surface area (Å²) in [4.78, 5) is 41.5. The van der Waals surface area contributed by atoms with Gasteiger partial charge < -0.3 is 4.90 Å². The van der Waals surface area contributed by atoms with E-state index in [0.717, 1.165) is 10.5 Å². The zero-order chi connectivity index (χ0) is 21.1. The molecule has 1 fully saturated rings. The maximum absolute atomic E-state index is 14.3. The molecule has 1 heterocycles. The van der Waals surface area contributed by atoms with E-state index < -0.39 is 29.6 Å². The first-order chi connectivity index (χ1) is 14.6. The van der Waals surface area contributed by atoms with E-state index in [4.69, 9.17) is 0 Å². The van der Waals surface area contributed by atoms with Crippen molar-refractivity contribution in [2.24, 2.45) is 0 Å². The molecule has 30 heavy (non-hydrogen) atoms. The molecule has 1 saturated heterocycles. The first kappa shape index (κ1) is 19.5. The second-order valence-corrected chi connectivity index (χ2v) is 7.02. The number of nitrogens with zero attached hydrogens (tertiary/aromatic N) is 2. The number of para-hydroxylation sites is 1. The van der Waals surface area contributed by atoms with Crippen LogP contribution in [0.25, 0.3) is 0 Å². The Kier molecular flexibility index (Phi) is 5.39. The Balaban J connectivity index is 1.71. The van der Waals surface area contributed by atoms with Crippen molar-refractivity contribution in [2.75, 3.05) is 4.90 Å². The van der Waals surface area contributed by atoms with E-state index in [-0.39, 0.29) is 18.5 Å². The summed E-state index contributed by atoms with van der Waals surface area (Å²) < 4.78 is 14.3. The van der Waals surface area contributed by atoms with Crippen molar-refractivity contribution in [3.8, 4) is 0 Å². The SMILES string of the molecule is O=C1CC(N(Cc2ccccc2)C(=O)c2ccccc2F)C(=O)N1c1ccccc1. The number of carbonyl (C=O) groups is 3. The zero-order valence-electron chi connectivity index (χ0n) is 16.1. The Morgan fingerprint density at radius 3 is 2.17 bits per heavy atom. The fourth-order valence-corrected chi connectivity index (χ4v) is 3.60. The number of amides is 3. The van der Waals surface area contributed by atoms with Gasteiger partial charge in [0.15, 0.2) is 0 Å². The Morgan fingerprint density at radius 2 is 1.50 bits per heavy atom. The van der Waals surface area contributed by atoms with Crippen LogP contribution in [-0.4, -0.2) is 28.7 Å². The third-order valence-electron chi connectivity index (χ3n) is 5.07. The maximum atomic E-state index is 14.3. The van der Waals surface area contributed by atoms with E-state index in [9.17, 15) is 18.8 Å². The lowest BCUT2D eigenvalue weighted by atomic mass is 10.1. The van der Waals surface area contributed by atoms with Crippen molar-refractivity contribution in [3.63, 3.8) is 0 Å². The number of carbonyl (C=O) groups excluding carboxylic acids is 3. The molecule has 0 bridgehead atoms. The van der Waals surface area contributed by atoms with Crippen LogP contribution in [0.1, 0.15) is 22.3 Å². The molecule has 1 atom stereocenters. The lowest BCUT2D eigenvalue weighted by molar-refractivity contribution is -0.122. The average molecular weight is 402 g/mol. The highest BCUT2D eigenvalue weighted by atomic mass is 19.1. The van der Waals surface area contributed by atoms with Crippen molar-refractivity contribution >= 4 is 23.4 Å². The molecule has 0 spiro atoms. The van der Waals surface area contributed by atoms with Gasteiger partial charge in [-0.1, -0.05) is 60.7 Å². The molecule has 0 N–H and O–H groups in total. The highest BCUT2D eigenvalue weighted by Crippen LogP contribution is 2.28. The molecular weight excluding hydrogens is 383 g/mol. The number of hydrogen-bond acceptors (Lipinski definition) is 3. The highest BCUT2D eigenvalue weighted by molar-refractivity contribution is 6.23. The van der Waals surface area contributed by atoms with Crippen LogP contribution < -0.4 is 4.90 Å². The van der Waals surface area contributed by atoms with E-state index in [1.165, 1.54) is 23.1 Å². The van der Waals surface area contributed by atoms with Crippen LogP contribution >= 0.6 is 0 Å². The summed E-state index contributed by atoms with van der Waals surface area (Å²) in [6.07, 6.45) is -0.152. The van der Waals surface area contributed by atoms with Crippen molar-refractivity contribution in [1.82, 2.24) is 4.90 Å². The van der Waals surface area contributed by atoms with E-state index in [1.807, 2.05) is 30.3 Å². The normalized spacial score (nSPS) is 16.0. The molecule has 1 unspecified atom stereocenters. The second kappa shape index (κ2) is 8.29. The molecule has 0 saturated carbocycles. The van der Waals surface area contributed by atoms with Gasteiger partial charge in [0.2, 0.25) is 5.91 Å². The van der Waals surface area contributed by atoms with Crippen molar-refractivity contribution in [1.29, 1.82) is 0 Å². The number of imide groups is 1. The number of halogens is 1. The van der Waals surface area contributed by atoms with E-state index in [1.54, 1.807) is 36.4 Å². The summed E-state index contributed by atoms with van der Waals surface area (Å²) in [6, 6.07) is 22.3. The van der Waals surface area contributed by atoms with Crippen LogP contribution in [0.15, 0.2) is 84.9 Å². The molecule has 4 rings (SSSR count). The highest BCUT2D eigenvalue weighted by Gasteiger charge is 2.44. The van der Waals surface area contributed by atoms with Crippen LogP contribution in [0.2, 0.25) is 0 Å². The third kappa shape index (κ3) is 3.72. The second-order valence-electron chi connectivity index (χ2n) is 7.02. The molecule has 1 aliphatic rings. The summed E-state index contributed by atoms with van der Waals surface area (Å²) in [6.45, 7) is 0.0837. The van der Waals surface area contributed by atoms with Crippen LogP contribution in [-0.2, 0) is 16.1 Å². The van der Waals surface area contributed by atoms with Gasteiger partial charge in [0, 0.05) is 6.54 Å². The molecule has 3 amide bonds. The van der Waals surface area contributed by atoms with Crippen LogP contribution in [0.5, 0.6) is 0 Å². The van der Waals surface area contributed by atoms with E-state index in [2.05, 4.69) is 0 Å². The average Bonchev–Trinajstić information content (AvgIpc) is 3.07. The molecule has 3 aromatic rings. The van der Waals surface area contributed by atoms with Gasteiger partial charge in [0.05, 0.1) is 17.7 Å². The lowest BCUT2D eigenvalue weighted by Crippen LogP contribution is -2.45. The predicted molar refractivity (Wildman–Crippen MR) is 110 cm³/mol. The monoisotopic (exact) mass is 402 g/mol. The van der Waals surface area contributed by atoms with Gasteiger partial charge in [0.25, 0.3) is 11.8 Å². The zero-order valence-corrected chi connectivity index (χ0v) is 16.1. The fourth-order valence-electron chi connectivity index (χ4n) is 3.60. The van der Waals surface area contributed by atoms with E-state index in [0.29, 0.717) is 5.69 Å². The fraction of sp³-hybridized carbons (Fsp3) is 0.125. The number of anilines is 1. The maximum Gasteiger partial charge on any atom is 0.257 e. The molecule has 5 nitrogen and oxygen atoms in total. The van der Waals surface area contributed by atoms with Gasteiger partial charge >= 0.3 is 0 Å². The Hall–Kier alpha value is -3.80. The Bertz CT molecular complexity index is 1090. The Morgan fingerprint density at radius 1 is 0.900 bits per heavy atom. The molecule has 0 aliphatic carbocycles.